The van der Waals surface area contributed by atoms with Gasteiger partial charge in [-0.1, -0.05) is 18.2 Å². The first-order valence-electron chi connectivity index (χ1n) is 8.29. The summed E-state index contributed by atoms with van der Waals surface area (Å²) in [6.45, 7) is 0. The van der Waals surface area contributed by atoms with Gasteiger partial charge in [-0.2, -0.15) is 26.3 Å². The van der Waals surface area contributed by atoms with Gasteiger partial charge in [0.05, 0.1) is 10.6 Å². The van der Waals surface area contributed by atoms with Crippen LogP contribution in [0.3, 0.4) is 0 Å². The molecular weight excluding hydrogens is 457 g/mol. The van der Waals surface area contributed by atoms with E-state index in [4.69, 9.17) is 0 Å². The molecular formula is C18H15F7N2O3S. The van der Waals surface area contributed by atoms with Crippen molar-refractivity contribution in [2.24, 2.45) is 0 Å². The lowest BCUT2D eigenvalue weighted by molar-refractivity contribution is -0.349. The largest absolute Gasteiger partial charge is 0.435 e. The lowest BCUT2D eigenvalue weighted by atomic mass is 9.93. The van der Waals surface area contributed by atoms with E-state index in [1.54, 1.807) is 6.07 Å². The van der Waals surface area contributed by atoms with Gasteiger partial charge >= 0.3 is 18.0 Å². The normalized spacial score (nSPS) is 13.1. The van der Waals surface area contributed by atoms with Crippen molar-refractivity contribution in [1.29, 1.82) is 0 Å². The number of carbonyl (C=O) groups is 1. The highest BCUT2D eigenvalue weighted by atomic mass is 32.2. The highest BCUT2D eigenvalue weighted by Crippen LogP contribution is 2.55. The van der Waals surface area contributed by atoms with Gasteiger partial charge in [0.25, 0.3) is 5.91 Å². The van der Waals surface area contributed by atoms with E-state index in [-0.39, 0.29) is 11.6 Å². The summed E-state index contributed by atoms with van der Waals surface area (Å²) in [4.78, 5) is 10.8. The Morgan fingerprint density at radius 2 is 1.45 bits per heavy atom. The molecule has 2 aromatic carbocycles. The molecule has 0 unspecified atom stereocenters. The van der Waals surface area contributed by atoms with Crippen molar-refractivity contribution in [3.8, 4) is 0 Å². The molecule has 1 amide bonds. The van der Waals surface area contributed by atoms with E-state index < -0.39 is 49.9 Å². The summed E-state index contributed by atoms with van der Waals surface area (Å²) in [7, 11) is -3.35. The molecule has 0 aliphatic carbocycles. The number of alkyl halides is 7. The number of nitrogens with one attached hydrogen (secondary N) is 2. The monoisotopic (exact) mass is 472 g/mol. The SMILES string of the molecule is CNc1cccc(C(=O)Nc2cccc(C(F)(C(F)(F)F)C(F)(F)F)c2S(C)(=O)=O)c1. The summed E-state index contributed by atoms with van der Waals surface area (Å²) in [5, 5.41) is 4.66. The van der Waals surface area contributed by atoms with Crippen molar-refractivity contribution in [3.63, 3.8) is 0 Å². The van der Waals surface area contributed by atoms with Gasteiger partial charge in [0, 0.05) is 30.1 Å². The number of anilines is 2. The number of carbonyl (C=O) groups excluding carboxylic acids is 1. The molecule has 170 valence electrons. The van der Waals surface area contributed by atoms with Gasteiger partial charge in [-0.3, -0.25) is 4.79 Å². The van der Waals surface area contributed by atoms with Crippen molar-refractivity contribution >= 4 is 27.1 Å². The Labute approximate surface area is 172 Å². The second kappa shape index (κ2) is 8.02. The molecule has 31 heavy (non-hydrogen) atoms. The molecule has 0 saturated heterocycles. The molecule has 0 spiro atoms. The highest BCUT2D eigenvalue weighted by Gasteiger charge is 2.74. The van der Waals surface area contributed by atoms with Crippen LogP contribution in [0.1, 0.15) is 15.9 Å². The quantitative estimate of drug-likeness (QED) is 0.621. The third-order valence-corrected chi connectivity index (χ3v) is 5.38. The summed E-state index contributed by atoms with van der Waals surface area (Å²) >= 11 is 0. The zero-order valence-electron chi connectivity index (χ0n) is 15.8. The summed E-state index contributed by atoms with van der Waals surface area (Å²) in [5.41, 5.74) is -8.77. The second-order valence-electron chi connectivity index (χ2n) is 6.39. The molecule has 0 bridgehead atoms. The predicted molar refractivity (Wildman–Crippen MR) is 98.4 cm³/mol. The fraction of sp³-hybridized carbons (Fsp3) is 0.278. The third kappa shape index (κ3) is 4.60. The molecule has 0 saturated carbocycles. The average molecular weight is 472 g/mol. The van der Waals surface area contributed by atoms with E-state index in [1.165, 1.54) is 25.2 Å². The lowest BCUT2D eigenvalue weighted by Crippen LogP contribution is -2.51. The van der Waals surface area contributed by atoms with Crippen LogP contribution in [0.4, 0.5) is 42.1 Å². The van der Waals surface area contributed by atoms with Gasteiger partial charge in [0.15, 0.2) is 9.84 Å². The average Bonchev–Trinajstić information content (AvgIpc) is 2.64. The summed E-state index contributed by atoms with van der Waals surface area (Å²) < 4.78 is 118. The predicted octanol–water partition coefficient (Wildman–Crippen LogP) is 4.67. The van der Waals surface area contributed by atoms with Crippen molar-refractivity contribution in [3.05, 3.63) is 53.6 Å². The van der Waals surface area contributed by atoms with Crippen LogP contribution in [0.25, 0.3) is 0 Å². The fourth-order valence-electron chi connectivity index (χ4n) is 2.78. The molecule has 0 heterocycles. The molecule has 0 aliphatic rings. The van der Waals surface area contributed by atoms with Gasteiger partial charge in [0.2, 0.25) is 0 Å². The van der Waals surface area contributed by atoms with Crippen LogP contribution in [0.2, 0.25) is 0 Å². The van der Waals surface area contributed by atoms with Gasteiger partial charge in [0.1, 0.15) is 0 Å². The van der Waals surface area contributed by atoms with Crippen LogP contribution in [0.5, 0.6) is 0 Å². The third-order valence-electron chi connectivity index (χ3n) is 4.20. The van der Waals surface area contributed by atoms with E-state index in [1.807, 2.05) is 5.32 Å². The van der Waals surface area contributed by atoms with E-state index in [0.717, 1.165) is 6.07 Å². The Morgan fingerprint density at radius 1 is 0.903 bits per heavy atom. The van der Waals surface area contributed by atoms with E-state index in [0.29, 0.717) is 18.0 Å². The molecule has 5 nitrogen and oxygen atoms in total. The van der Waals surface area contributed by atoms with Crippen molar-refractivity contribution < 1.29 is 43.9 Å². The molecule has 0 aliphatic heterocycles. The van der Waals surface area contributed by atoms with Gasteiger partial charge in [-0.25, -0.2) is 12.8 Å². The maximum Gasteiger partial charge on any atom is 0.435 e. The summed E-state index contributed by atoms with van der Waals surface area (Å²) in [5.74, 6) is -1.04. The van der Waals surface area contributed by atoms with Crippen LogP contribution in [-0.2, 0) is 15.5 Å². The lowest BCUT2D eigenvalue weighted by Gasteiger charge is -2.32. The Balaban J connectivity index is 2.73. The molecule has 0 fully saturated rings. The summed E-state index contributed by atoms with van der Waals surface area (Å²) in [6.07, 6.45) is -12.8. The first-order chi connectivity index (χ1) is 14.0. The van der Waals surface area contributed by atoms with Crippen LogP contribution in [-0.4, -0.2) is 40.0 Å². The number of halogens is 7. The minimum atomic E-state index is -6.53. The fourth-order valence-corrected chi connectivity index (χ4v) is 3.91. The molecule has 2 aromatic rings. The Kier molecular flexibility index (Phi) is 6.32. The van der Waals surface area contributed by atoms with E-state index in [9.17, 15) is 43.9 Å². The van der Waals surface area contributed by atoms with Gasteiger partial charge < -0.3 is 10.6 Å². The molecule has 13 heteroatoms. The van der Waals surface area contributed by atoms with Gasteiger partial charge in [-0.05, 0) is 24.3 Å². The standard InChI is InChI=1S/C18H15F7N2O3S/c1-26-11-6-3-5-10(9-11)15(28)27-13-8-4-7-12(14(13)31(2,29)30)16(19,17(20,21)22)18(23,24)25/h3-9,26H,1-2H3,(H,27,28). The number of hydrogen-bond donors (Lipinski definition) is 2. The van der Waals surface area contributed by atoms with Crippen molar-refractivity contribution in [2.75, 3.05) is 23.9 Å². The van der Waals surface area contributed by atoms with Crippen LogP contribution in [0, 0.1) is 0 Å². The Hall–Kier alpha value is -2.83. The Morgan fingerprint density at radius 3 is 1.94 bits per heavy atom. The molecule has 0 radical (unpaired) electrons. The first kappa shape index (κ1) is 24.4. The molecule has 0 atom stereocenters. The number of hydrogen-bond acceptors (Lipinski definition) is 4. The molecule has 0 aromatic heterocycles. The Bertz CT molecular complexity index is 1080. The van der Waals surface area contributed by atoms with Crippen LogP contribution >= 0.6 is 0 Å². The zero-order valence-corrected chi connectivity index (χ0v) is 16.6. The molecule has 2 rings (SSSR count). The maximum absolute atomic E-state index is 14.6. The smallest absolute Gasteiger partial charge is 0.388 e. The second-order valence-corrected chi connectivity index (χ2v) is 8.35. The minimum Gasteiger partial charge on any atom is -0.388 e. The number of amides is 1. The summed E-state index contributed by atoms with van der Waals surface area (Å²) in [6, 6.07) is 6.95. The van der Waals surface area contributed by atoms with E-state index in [2.05, 4.69) is 5.32 Å². The van der Waals surface area contributed by atoms with Crippen molar-refractivity contribution in [2.45, 2.75) is 22.9 Å². The van der Waals surface area contributed by atoms with Crippen LogP contribution < -0.4 is 10.6 Å². The topological polar surface area (TPSA) is 75.3 Å². The minimum absolute atomic E-state index is 0.0641. The van der Waals surface area contributed by atoms with Crippen LogP contribution in [0.15, 0.2) is 47.4 Å². The number of benzene rings is 2. The maximum atomic E-state index is 14.6. The highest BCUT2D eigenvalue weighted by molar-refractivity contribution is 7.91. The first-order valence-corrected chi connectivity index (χ1v) is 10.2. The van der Waals surface area contributed by atoms with E-state index >= 15 is 0 Å². The number of rotatable bonds is 5. The molecule has 2 N–H and O–H groups in total. The van der Waals surface area contributed by atoms with Crippen molar-refractivity contribution in [1.82, 2.24) is 0 Å². The zero-order chi connectivity index (χ0) is 23.8. The number of sulfone groups is 1. The van der Waals surface area contributed by atoms with Gasteiger partial charge in [-0.15, -0.1) is 0 Å².